The van der Waals surface area contributed by atoms with Crippen molar-refractivity contribution < 1.29 is 14.3 Å². The molecular formula is C14H10BrClFNO2. The van der Waals surface area contributed by atoms with Gasteiger partial charge < -0.3 is 10.4 Å². The molecule has 1 unspecified atom stereocenters. The zero-order chi connectivity index (χ0) is 14.7. The molecule has 2 aromatic carbocycles. The first kappa shape index (κ1) is 14.8. The van der Waals surface area contributed by atoms with Crippen LogP contribution >= 0.6 is 27.5 Å². The topological polar surface area (TPSA) is 49.3 Å². The summed E-state index contributed by atoms with van der Waals surface area (Å²) in [6.45, 7) is 0. The summed E-state index contributed by atoms with van der Waals surface area (Å²) in [7, 11) is 0. The highest BCUT2D eigenvalue weighted by atomic mass is 79.9. The molecule has 0 aliphatic heterocycles. The van der Waals surface area contributed by atoms with Crippen molar-refractivity contribution in [3.63, 3.8) is 0 Å². The lowest BCUT2D eigenvalue weighted by Gasteiger charge is -2.16. The van der Waals surface area contributed by atoms with Crippen LogP contribution < -0.4 is 5.32 Å². The van der Waals surface area contributed by atoms with Gasteiger partial charge in [-0.25, -0.2) is 9.18 Å². The van der Waals surface area contributed by atoms with E-state index in [2.05, 4.69) is 21.2 Å². The van der Waals surface area contributed by atoms with Crippen LogP contribution in [0.5, 0.6) is 0 Å². The normalized spacial score (nSPS) is 11.9. The van der Waals surface area contributed by atoms with E-state index < -0.39 is 17.8 Å². The average molecular weight is 359 g/mol. The maximum atomic E-state index is 13.5. The Labute approximate surface area is 128 Å². The summed E-state index contributed by atoms with van der Waals surface area (Å²) in [5, 5.41) is 12.6. The fourth-order valence-corrected chi connectivity index (χ4v) is 2.16. The van der Waals surface area contributed by atoms with Crippen molar-refractivity contribution in [1.82, 2.24) is 0 Å². The lowest BCUT2D eigenvalue weighted by Crippen LogP contribution is -2.20. The van der Waals surface area contributed by atoms with E-state index in [-0.39, 0.29) is 4.47 Å². The zero-order valence-corrected chi connectivity index (χ0v) is 12.5. The number of rotatable bonds is 4. The smallest absolute Gasteiger partial charge is 0.330 e. The minimum absolute atomic E-state index is 0.285. The summed E-state index contributed by atoms with van der Waals surface area (Å²) in [5.41, 5.74) is 0.867. The molecule has 6 heteroatoms. The van der Waals surface area contributed by atoms with Crippen molar-refractivity contribution in [2.75, 3.05) is 5.32 Å². The molecule has 2 rings (SSSR count). The van der Waals surface area contributed by atoms with Crippen molar-refractivity contribution in [3.05, 3.63) is 63.3 Å². The fourth-order valence-electron chi connectivity index (χ4n) is 1.72. The van der Waals surface area contributed by atoms with Gasteiger partial charge in [-0.15, -0.1) is 0 Å². The molecule has 0 amide bonds. The number of carbonyl (C=O) groups is 1. The van der Waals surface area contributed by atoms with Gasteiger partial charge in [-0.3, -0.25) is 0 Å². The summed E-state index contributed by atoms with van der Waals surface area (Å²) in [4.78, 5) is 11.4. The molecule has 2 aromatic rings. The van der Waals surface area contributed by atoms with Gasteiger partial charge >= 0.3 is 5.97 Å². The Bertz CT molecular complexity index is 651. The average Bonchev–Trinajstić information content (AvgIpc) is 2.39. The molecular weight excluding hydrogens is 349 g/mol. The lowest BCUT2D eigenvalue weighted by atomic mass is 10.1. The molecule has 0 heterocycles. The second-order valence-electron chi connectivity index (χ2n) is 4.10. The van der Waals surface area contributed by atoms with Crippen LogP contribution in [0.25, 0.3) is 0 Å². The Morgan fingerprint density at radius 1 is 1.30 bits per heavy atom. The Morgan fingerprint density at radius 3 is 2.65 bits per heavy atom. The van der Waals surface area contributed by atoms with E-state index in [1.807, 2.05) is 0 Å². The van der Waals surface area contributed by atoms with Crippen LogP contribution in [0, 0.1) is 5.82 Å². The van der Waals surface area contributed by atoms with Crippen molar-refractivity contribution in [2.45, 2.75) is 6.04 Å². The maximum absolute atomic E-state index is 13.5. The zero-order valence-electron chi connectivity index (χ0n) is 10.1. The molecule has 0 aromatic heterocycles. The lowest BCUT2D eigenvalue weighted by molar-refractivity contribution is -0.138. The summed E-state index contributed by atoms with van der Waals surface area (Å²) in [6, 6.07) is 9.82. The summed E-state index contributed by atoms with van der Waals surface area (Å²) in [6.07, 6.45) is 0. The molecule has 0 saturated carbocycles. The van der Waals surface area contributed by atoms with Crippen molar-refractivity contribution in [2.24, 2.45) is 0 Å². The van der Waals surface area contributed by atoms with E-state index in [4.69, 9.17) is 11.6 Å². The Balaban J connectivity index is 2.32. The van der Waals surface area contributed by atoms with Crippen LogP contribution in [0.4, 0.5) is 10.1 Å². The molecule has 0 spiro atoms. The SMILES string of the molecule is O=C(O)C(Nc1cccc(Cl)c1)c1ccc(Br)c(F)c1. The quantitative estimate of drug-likeness (QED) is 0.847. The van der Waals surface area contributed by atoms with Crippen LogP contribution in [-0.4, -0.2) is 11.1 Å². The van der Waals surface area contributed by atoms with Gasteiger partial charge in [0.15, 0.2) is 6.04 Å². The minimum Gasteiger partial charge on any atom is -0.479 e. The van der Waals surface area contributed by atoms with Gasteiger partial charge in [-0.05, 0) is 51.8 Å². The number of hydrogen-bond acceptors (Lipinski definition) is 2. The molecule has 0 fully saturated rings. The number of aliphatic carboxylic acids is 1. The molecule has 20 heavy (non-hydrogen) atoms. The Kier molecular flexibility index (Phi) is 4.62. The molecule has 0 radical (unpaired) electrons. The second kappa shape index (κ2) is 6.24. The highest BCUT2D eigenvalue weighted by Crippen LogP contribution is 2.25. The van der Waals surface area contributed by atoms with Gasteiger partial charge in [0, 0.05) is 10.7 Å². The number of carboxylic acid groups (broad SMARTS) is 1. The highest BCUT2D eigenvalue weighted by molar-refractivity contribution is 9.10. The standard InChI is InChI=1S/C14H10BrClFNO2/c15-11-5-4-8(6-12(11)17)13(14(19)20)18-10-3-1-2-9(16)7-10/h1-7,13,18H,(H,19,20). The van der Waals surface area contributed by atoms with Gasteiger partial charge in [0.1, 0.15) is 5.82 Å². The Morgan fingerprint density at radius 2 is 2.05 bits per heavy atom. The molecule has 0 aliphatic carbocycles. The van der Waals surface area contributed by atoms with E-state index >= 15 is 0 Å². The van der Waals surface area contributed by atoms with E-state index in [9.17, 15) is 14.3 Å². The first-order valence-corrected chi connectivity index (χ1v) is 6.84. The van der Waals surface area contributed by atoms with Crippen molar-refractivity contribution >= 4 is 39.2 Å². The minimum atomic E-state index is -1.10. The van der Waals surface area contributed by atoms with Gasteiger partial charge in [0.2, 0.25) is 0 Å². The van der Waals surface area contributed by atoms with Crippen LogP contribution in [-0.2, 0) is 4.79 Å². The third-order valence-corrected chi connectivity index (χ3v) is 3.54. The molecule has 0 aliphatic rings. The van der Waals surface area contributed by atoms with Gasteiger partial charge in [0.05, 0.1) is 4.47 Å². The first-order chi connectivity index (χ1) is 9.47. The monoisotopic (exact) mass is 357 g/mol. The van der Waals surface area contributed by atoms with Gasteiger partial charge in [-0.2, -0.15) is 0 Å². The number of anilines is 1. The van der Waals surface area contributed by atoms with Crippen molar-refractivity contribution in [3.8, 4) is 0 Å². The van der Waals surface area contributed by atoms with E-state index in [1.165, 1.54) is 12.1 Å². The third-order valence-electron chi connectivity index (χ3n) is 2.66. The summed E-state index contributed by atoms with van der Waals surface area (Å²) >= 11 is 8.88. The molecule has 104 valence electrons. The number of hydrogen-bond donors (Lipinski definition) is 2. The van der Waals surface area contributed by atoms with Crippen molar-refractivity contribution in [1.29, 1.82) is 0 Å². The van der Waals surface area contributed by atoms with Crippen LogP contribution in [0.15, 0.2) is 46.9 Å². The maximum Gasteiger partial charge on any atom is 0.330 e. The number of halogens is 3. The fraction of sp³-hybridized carbons (Fsp3) is 0.0714. The number of benzene rings is 2. The van der Waals surface area contributed by atoms with E-state index in [1.54, 1.807) is 30.3 Å². The second-order valence-corrected chi connectivity index (χ2v) is 5.39. The molecule has 3 nitrogen and oxygen atoms in total. The Hall–Kier alpha value is -1.59. The summed E-state index contributed by atoms with van der Waals surface area (Å²) in [5.74, 6) is -1.62. The highest BCUT2D eigenvalue weighted by Gasteiger charge is 2.20. The van der Waals surface area contributed by atoms with Gasteiger partial charge in [-0.1, -0.05) is 23.7 Å². The van der Waals surface area contributed by atoms with Crippen LogP contribution in [0.2, 0.25) is 5.02 Å². The first-order valence-electron chi connectivity index (χ1n) is 5.67. The molecule has 0 saturated heterocycles. The van der Waals surface area contributed by atoms with E-state index in [0.29, 0.717) is 16.3 Å². The largest absolute Gasteiger partial charge is 0.479 e. The van der Waals surface area contributed by atoms with E-state index in [0.717, 1.165) is 0 Å². The molecule has 1 atom stereocenters. The van der Waals surface area contributed by atoms with Crippen LogP contribution in [0.1, 0.15) is 11.6 Å². The van der Waals surface area contributed by atoms with Gasteiger partial charge in [0.25, 0.3) is 0 Å². The third kappa shape index (κ3) is 3.49. The summed E-state index contributed by atoms with van der Waals surface area (Å²) < 4.78 is 13.8. The molecule has 2 N–H and O–H groups in total. The molecule has 0 bridgehead atoms. The van der Waals surface area contributed by atoms with Crippen LogP contribution in [0.3, 0.4) is 0 Å². The number of carboxylic acids is 1. The number of nitrogens with one attached hydrogen (secondary N) is 1. The predicted molar refractivity (Wildman–Crippen MR) is 79.6 cm³/mol. The predicted octanol–water partition coefficient (Wildman–Crippen LogP) is 4.48.